The van der Waals surface area contributed by atoms with Crippen LogP contribution in [0.25, 0.3) is 0 Å². The minimum absolute atomic E-state index is 0.157. The summed E-state index contributed by atoms with van der Waals surface area (Å²) in [6, 6.07) is 3.37. The maximum absolute atomic E-state index is 11.6. The standard InChI is InChI=1S/C7H8N4O4S2/c8-7-10-5-2-1-4(16(9,12)13)3-6(5)17(14,15)11-7/h1-3H,(H3,8,10,11)(H2,9,12,13). The fourth-order valence-corrected chi connectivity index (χ4v) is 3.03. The highest BCUT2D eigenvalue weighted by Gasteiger charge is 2.25. The van der Waals surface area contributed by atoms with Gasteiger partial charge >= 0.3 is 0 Å². The van der Waals surface area contributed by atoms with E-state index in [1.54, 1.807) is 0 Å². The summed E-state index contributed by atoms with van der Waals surface area (Å²) in [5, 5.41) is 7.41. The van der Waals surface area contributed by atoms with E-state index in [1.165, 1.54) is 12.1 Å². The number of benzene rings is 1. The van der Waals surface area contributed by atoms with Crippen LogP contribution in [0.5, 0.6) is 0 Å². The maximum atomic E-state index is 11.6. The molecule has 0 amide bonds. The number of sulfonamides is 2. The summed E-state index contributed by atoms with van der Waals surface area (Å²) < 4.78 is 48.6. The second-order valence-corrected chi connectivity index (χ2v) is 6.41. The Balaban J connectivity index is 2.73. The van der Waals surface area contributed by atoms with Crippen molar-refractivity contribution >= 4 is 31.7 Å². The van der Waals surface area contributed by atoms with E-state index in [1.807, 2.05) is 0 Å². The Morgan fingerprint density at radius 3 is 2.53 bits per heavy atom. The van der Waals surface area contributed by atoms with Crippen molar-refractivity contribution in [3.63, 3.8) is 0 Å². The summed E-state index contributed by atoms with van der Waals surface area (Å²) in [6.07, 6.45) is 0. The van der Waals surface area contributed by atoms with Gasteiger partial charge in [0.25, 0.3) is 10.0 Å². The molecule has 0 aromatic heterocycles. The average molecular weight is 276 g/mol. The van der Waals surface area contributed by atoms with E-state index < -0.39 is 20.0 Å². The molecular weight excluding hydrogens is 268 g/mol. The minimum Gasteiger partial charge on any atom is -0.369 e. The molecule has 1 aliphatic heterocycles. The number of hydrogen-bond donors (Lipinski definition) is 3. The number of fused-ring (bicyclic) bond motifs is 1. The summed E-state index contributed by atoms with van der Waals surface area (Å²) >= 11 is 0. The quantitative estimate of drug-likeness (QED) is 0.585. The monoisotopic (exact) mass is 276 g/mol. The highest BCUT2D eigenvalue weighted by Crippen LogP contribution is 2.28. The van der Waals surface area contributed by atoms with Gasteiger partial charge in [-0.15, -0.1) is 4.40 Å². The molecule has 0 atom stereocenters. The van der Waals surface area contributed by atoms with Crippen molar-refractivity contribution in [1.29, 1.82) is 0 Å². The number of hydrogen-bond acceptors (Lipinski definition) is 6. The number of rotatable bonds is 1. The topological polar surface area (TPSA) is 145 Å². The van der Waals surface area contributed by atoms with Gasteiger partial charge in [0, 0.05) is 0 Å². The molecule has 1 heterocycles. The third-order valence-corrected chi connectivity index (χ3v) is 4.28. The van der Waals surface area contributed by atoms with E-state index in [0.29, 0.717) is 0 Å². The number of nitrogens with zero attached hydrogens (tertiary/aromatic N) is 1. The summed E-state index contributed by atoms with van der Waals surface area (Å²) in [6.45, 7) is 0. The Morgan fingerprint density at radius 2 is 1.94 bits per heavy atom. The van der Waals surface area contributed by atoms with Gasteiger partial charge in [-0.3, -0.25) is 0 Å². The van der Waals surface area contributed by atoms with Crippen LogP contribution >= 0.6 is 0 Å². The normalized spacial score (nSPS) is 17.8. The van der Waals surface area contributed by atoms with Gasteiger partial charge < -0.3 is 11.1 Å². The molecule has 1 aliphatic rings. The van der Waals surface area contributed by atoms with Crippen LogP contribution in [0.1, 0.15) is 0 Å². The Kier molecular flexibility index (Phi) is 2.38. The van der Waals surface area contributed by atoms with Gasteiger partial charge in [-0.1, -0.05) is 0 Å². The second kappa shape index (κ2) is 3.42. The van der Waals surface area contributed by atoms with E-state index in [2.05, 4.69) is 9.71 Å². The van der Waals surface area contributed by atoms with E-state index in [4.69, 9.17) is 10.9 Å². The molecule has 0 aliphatic carbocycles. The summed E-state index contributed by atoms with van der Waals surface area (Å²) in [4.78, 5) is -0.587. The molecule has 10 heteroatoms. The zero-order chi connectivity index (χ0) is 12.8. The molecular formula is C7H8N4O4S2. The lowest BCUT2D eigenvalue weighted by molar-refractivity contribution is 0.596. The highest BCUT2D eigenvalue weighted by atomic mass is 32.2. The zero-order valence-electron chi connectivity index (χ0n) is 8.28. The number of guanidine groups is 1. The molecule has 0 saturated carbocycles. The maximum Gasteiger partial charge on any atom is 0.287 e. The molecule has 17 heavy (non-hydrogen) atoms. The van der Waals surface area contributed by atoms with Crippen LogP contribution in [0.3, 0.4) is 0 Å². The van der Waals surface area contributed by atoms with E-state index in [9.17, 15) is 16.8 Å². The van der Waals surface area contributed by atoms with Crippen molar-refractivity contribution in [2.24, 2.45) is 15.3 Å². The molecule has 0 unspecified atom stereocenters. The van der Waals surface area contributed by atoms with Crippen LogP contribution in [0.2, 0.25) is 0 Å². The third kappa shape index (κ3) is 2.09. The Labute approximate surface area is 97.4 Å². The Hall–Kier alpha value is -1.65. The van der Waals surface area contributed by atoms with Gasteiger partial charge in [0.05, 0.1) is 10.6 Å². The van der Waals surface area contributed by atoms with Crippen LogP contribution in [-0.2, 0) is 20.0 Å². The number of nitrogens with two attached hydrogens (primary N) is 2. The third-order valence-electron chi connectivity index (χ3n) is 2.04. The molecule has 5 N–H and O–H groups in total. The van der Waals surface area contributed by atoms with Gasteiger partial charge in [0.15, 0.2) is 0 Å². The smallest absolute Gasteiger partial charge is 0.287 e. The average Bonchev–Trinajstić information content (AvgIpc) is 2.13. The number of nitrogens with one attached hydrogen (secondary N) is 1. The summed E-state index contributed by atoms with van der Waals surface area (Å²) in [5.74, 6) is -0.277. The lowest BCUT2D eigenvalue weighted by Crippen LogP contribution is -2.28. The fourth-order valence-electron chi connectivity index (χ4n) is 1.34. The Bertz CT molecular complexity index is 720. The molecule has 0 radical (unpaired) electrons. The van der Waals surface area contributed by atoms with E-state index >= 15 is 0 Å². The first-order chi connectivity index (χ1) is 7.70. The lowest BCUT2D eigenvalue weighted by Gasteiger charge is -2.15. The second-order valence-electron chi connectivity index (χ2n) is 3.28. The SMILES string of the molecule is NC1=NS(=O)(=O)c2cc(S(N)(=O)=O)ccc2N1. The molecule has 92 valence electrons. The molecule has 0 spiro atoms. The number of anilines is 1. The van der Waals surface area contributed by atoms with Crippen molar-refractivity contribution in [2.45, 2.75) is 9.79 Å². The van der Waals surface area contributed by atoms with Crippen LogP contribution in [0.15, 0.2) is 32.4 Å². The largest absolute Gasteiger partial charge is 0.369 e. The zero-order valence-corrected chi connectivity index (χ0v) is 9.92. The van der Waals surface area contributed by atoms with Crippen molar-refractivity contribution in [3.8, 4) is 0 Å². The molecule has 8 nitrogen and oxygen atoms in total. The van der Waals surface area contributed by atoms with E-state index in [0.717, 1.165) is 6.07 Å². The van der Waals surface area contributed by atoms with Crippen molar-refractivity contribution in [1.82, 2.24) is 0 Å². The van der Waals surface area contributed by atoms with Crippen molar-refractivity contribution in [3.05, 3.63) is 18.2 Å². The van der Waals surface area contributed by atoms with Gasteiger partial charge in [0.1, 0.15) is 4.90 Å². The molecule has 0 saturated heterocycles. The summed E-state index contributed by atoms with van der Waals surface area (Å²) in [5.41, 5.74) is 5.42. The molecule has 1 aromatic carbocycles. The molecule has 1 aromatic rings. The first-order valence-electron chi connectivity index (χ1n) is 4.24. The van der Waals surface area contributed by atoms with E-state index in [-0.39, 0.29) is 21.4 Å². The van der Waals surface area contributed by atoms with Gasteiger partial charge in [-0.25, -0.2) is 13.6 Å². The van der Waals surface area contributed by atoms with Gasteiger partial charge in [-0.2, -0.15) is 8.42 Å². The molecule has 0 bridgehead atoms. The van der Waals surface area contributed by atoms with Crippen molar-refractivity contribution < 1.29 is 16.8 Å². The van der Waals surface area contributed by atoms with Crippen LogP contribution < -0.4 is 16.2 Å². The predicted molar refractivity (Wildman–Crippen MR) is 60.2 cm³/mol. The van der Waals surface area contributed by atoms with Gasteiger partial charge in [-0.05, 0) is 18.2 Å². The predicted octanol–water partition coefficient (Wildman–Crippen LogP) is -1.24. The Morgan fingerprint density at radius 1 is 1.29 bits per heavy atom. The fraction of sp³-hybridized carbons (Fsp3) is 0. The first kappa shape index (κ1) is 11.8. The minimum atomic E-state index is -3.99. The summed E-state index contributed by atoms with van der Waals surface area (Å²) in [7, 11) is -7.97. The molecule has 2 rings (SSSR count). The van der Waals surface area contributed by atoms with Crippen molar-refractivity contribution in [2.75, 3.05) is 5.32 Å². The highest BCUT2D eigenvalue weighted by molar-refractivity contribution is 7.91. The molecule has 0 fully saturated rings. The van der Waals surface area contributed by atoms with Crippen LogP contribution in [-0.4, -0.2) is 22.8 Å². The van der Waals surface area contributed by atoms with Crippen LogP contribution in [0, 0.1) is 0 Å². The van der Waals surface area contributed by atoms with Gasteiger partial charge in [0.2, 0.25) is 16.0 Å². The van der Waals surface area contributed by atoms with Crippen LogP contribution in [0.4, 0.5) is 5.69 Å². The first-order valence-corrected chi connectivity index (χ1v) is 7.23. The lowest BCUT2D eigenvalue weighted by atomic mass is 10.3. The number of primary sulfonamides is 1.